The van der Waals surface area contributed by atoms with Crippen LogP contribution in [0.3, 0.4) is 0 Å². The second-order valence-electron chi connectivity index (χ2n) is 5.77. The van der Waals surface area contributed by atoms with E-state index in [1.165, 1.54) is 39.5 Å². The average Bonchev–Trinajstić information content (AvgIpc) is 2.75. The van der Waals surface area contributed by atoms with E-state index < -0.39 is 12.6 Å². The van der Waals surface area contributed by atoms with Crippen molar-refractivity contribution in [2.45, 2.75) is 0 Å². The third-order valence-corrected chi connectivity index (χ3v) is 4.10. The molecule has 0 radical (unpaired) electrons. The van der Waals surface area contributed by atoms with Gasteiger partial charge in [-0.2, -0.15) is 0 Å². The van der Waals surface area contributed by atoms with Crippen LogP contribution in [0.15, 0.2) is 30.3 Å². The van der Waals surface area contributed by atoms with Crippen LogP contribution in [0.1, 0.15) is 20.7 Å². The van der Waals surface area contributed by atoms with Crippen molar-refractivity contribution >= 4 is 11.8 Å². The van der Waals surface area contributed by atoms with E-state index >= 15 is 0 Å². The Balaban J connectivity index is 1.71. The summed E-state index contributed by atoms with van der Waals surface area (Å²) in [6, 6.07) is 7.70. The Morgan fingerprint density at radius 3 is 2.25 bits per heavy atom. The molecule has 0 amide bonds. The van der Waals surface area contributed by atoms with Gasteiger partial charge in [0.25, 0.3) is 0 Å². The lowest BCUT2D eigenvalue weighted by molar-refractivity contribution is 0.0473. The zero-order chi connectivity index (χ0) is 20.1. The van der Waals surface area contributed by atoms with Gasteiger partial charge in [0.1, 0.15) is 13.2 Å². The van der Waals surface area contributed by atoms with Gasteiger partial charge in [-0.25, -0.2) is 4.79 Å². The maximum Gasteiger partial charge on any atom is 0.338 e. The Labute approximate surface area is 161 Å². The van der Waals surface area contributed by atoms with Crippen LogP contribution in [-0.2, 0) is 4.74 Å². The van der Waals surface area contributed by atoms with Gasteiger partial charge >= 0.3 is 5.97 Å². The minimum absolute atomic E-state index is 0.196. The normalized spacial score (nSPS) is 12.1. The summed E-state index contributed by atoms with van der Waals surface area (Å²) in [6.07, 6.45) is 0. The molecule has 1 aliphatic rings. The molecule has 0 aromatic heterocycles. The van der Waals surface area contributed by atoms with Crippen molar-refractivity contribution in [3.8, 4) is 28.7 Å². The van der Waals surface area contributed by atoms with Crippen LogP contribution < -0.4 is 23.7 Å². The fourth-order valence-electron chi connectivity index (χ4n) is 2.70. The molecule has 1 aliphatic heterocycles. The van der Waals surface area contributed by atoms with Crippen molar-refractivity contribution in [2.75, 3.05) is 41.2 Å². The molecule has 3 rings (SSSR count). The van der Waals surface area contributed by atoms with Crippen molar-refractivity contribution in [1.82, 2.24) is 0 Å². The molecule has 28 heavy (non-hydrogen) atoms. The molecule has 0 bridgehead atoms. The van der Waals surface area contributed by atoms with Crippen molar-refractivity contribution < 1.29 is 38.0 Å². The molecule has 0 unspecified atom stereocenters. The van der Waals surface area contributed by atoms with Gasteiger partial charge in [-0.15, -0.1) is 0 Å². The van der Waals surface area contributed by atoms with E-state index in [1.54, 1.807) is 12.1 Å². The number of carbonyl (C=O) groups is 2. The van der Waals surface area contributed by atoms with Crippen molar-refractivity contribution in [3.05, 3.63) is 41.5 Å². The number of hydrogen-bond acceptors (Lipinski definition) is 8. The first-order valence-electron chi connectivity index (χ1n) is 8.47. The van der Waals surface area contributed by atoms with E-state index in [2.05, 4.69) is 0 Å². The van der Waals surface area contributed by atoms with Crippen molar-refractivity contribution in [3.63, 3.8) is 0 Å². The summed E-state index contributed by atoms with van der Waals surface area (Å²) < 4.78 is 31.7. The fourth-order valence-corrected chi connectivity index (χ4v) is 2.70. The molecule has 2 aromatic carbocycles. The monoisotopic (exact) mass is 388 g/mol. The highest BCUT2D eigenvalue weighted by atomic mass is 16.6. The highest BCUT2D eigenvalue weighted by molar-refractivity contribution is 6.00. The Bertz CT molecular complexity index is 873. The maximum absolute atomic E-state index is 12.4. The quantitative estimate of drug-likeness (QED) is 0.528. The number of carbonyl (C=O) groups excluding carboxylic acids is 2. The number of benzene rings is 2. The predicted octanol–water partition coefficient (Wildman–Crippen LogP) is 2.52. The number of fused-ring (bicyclic) bond motifs is 1. The Morgan fingerprint density at radius 2 is 1.54 bits per heavy atom. The van der Waals surface area contributed by atoms with Gasteiger partial charge in [-0.05, 0) is 30.3 Å². The van der Waals surface area contributed by atoms with Crippen LogP contribution in [0.4, 0.5) is 0 Å². The Hall–Kier alpha value is -3.42. The topological polar surface area (TPSA) is 89.5 Å². The number of esters is 1. The highest BCUT2D eigenvalue weighted by Gasteiger charge is 2.22. The first kappa shape index (κ1) is 19.3. The summed E-state index contributed by atoms with van der Waals surface area (Å²) >= 11 is 0. The summed E-state index contributed by atoms with van der Waals surface area (Å²) in [5.41, 5.74) is 0.534. The predicted molar refractivity (Wildman–Crippen MR) is 98.1 cm³/mol. The van der Waals surface area contributed by atoms with E-state index in [9.17, 15) is 9.59 Å². The number of rotatable bonds is 7. The largest absolute Gasteiger partial charge is 0.493 e. The van der Waals surface area contributed by atoms with E-state index in [-0.39, 0.29) is 11.3 Å². The molecule has 148 valence electrons. The highest BCUT2D eigenvalue weighted by Crippen LogP contribution is 2.40. The molecule has 0 atom stereocenters. The Kier molecular flexibility index (Phi) is 5.88. The van der Waals surface area contributed by atoms with E-state index in [4.69, 9.17) is 28.4 Å². The molecule has 0 aliphatic carbocycles. The van der Waals surface area contributed by atoms with Gasteiger partial charge in [0.2, 0.25) is 5.75 Å². The summed E-state index contributed by atoms with van der Waals surface area (Å²) in [4.78, 5) is 24.7. The summed E-state index contributed by atoms with van der Waals surface area (Å²) in [5.74, 6) is 1.05. The zero-order valence-electron chi connectivity index (χ0n) is 15.8. The molecular weight excluding hydrogens is 368 g/mol. The fraction of sp³-hybridized carbons (Fsp3) is 0.300. The van der Waals surface area contributed by atoms with Crippen LogP contribution >= 0.6 is 0 Å². The minimum atomic E-state index is -0.677. The van der Waals surface area contributed by atoms with E-state index in [0.29, 0.717) is 47.5 Å². The van der Waals surface area contributed by atoms with Crippen LogP contribution in [0.5, 0.6) is 28.7 Å². The first-order chi connectivity index (χ1) is 13.6. The standard InChI is InChI=1S/C20H20O8/c1-23-15-5-4-12(8-16(15)24-2)14(21)11-28-20(22)13-9-17(25-3)19-18(10-13)26-6-7-27-19/h4-5,8-10H,6-7,11H2,1-3H3. The van der Waals surface area contributed by atoms with Gasteiger partial charge < -0.3 is 28.4 Å². The van der Waals surface area contributed by atoms with Crippen LogP contribution in [0.2, 0.25) is 0 Å². The van der Waals surface area contributed by atoms with Crippen LogP contribution in [0.25, 0.3) is 0 Å². The third kappa shape index (κ3) is 3.95. The van der Waals surface area contributed by atoms with Gasteiger partial charge in [0, 0.05) is 5.56 Å². The van der Waals surface area contributed by atoms with Gasteiger partial charge in [-0.1, -0.05) is 0 Å². The van der Waals surface area contributed by atoms with E-state index in [0.717, 1.165) is 0 Å². The minimum Gasteiger partial charge on any atom is -0.493 e. The van der Waals surface area contributed by atoms with Crippen molar-refractivity contribution in [1.29, 1.82) is 0 Å². The number of ketones is 1. The van der Waals surface area contributed by atoms with Crippen LogP contribution in [-0.4, -0.2) is 52.9 Å². The van der Waals surface area contributed by atoms with Gasteiger partial charge in [0.15, 0.2) is 35.4 Å². The second kappa shape index (κ2) is 8.51. The number of hydrogen-bond donors (Lipinski definition) is 0. The molecule has 1 heterocycles. The second-order valence-corrected chi connectivity index (χ2v) is 5.77. The molecule has 8 heteroatoms. The lowest BCUT2D eigenvalue weighted by Gasteiger charge is -2.21. The summed E-state index contributed by atoms with van der Waals surface area (Å²) in [7, 11) is 4.44. The molecule has 0 saturated carbocycles. The summed E-state index contributed by atoms with van der Waals surface area (Å²) in [5, 5.41) is 0. The smallest absolute Gasteiger partial charge is 0.338 e. The van der Waals surface area contributed by atoms with Crippen molar-refractivity contribution in [2.24, 2.45) is 0 Å². The number of Topliss-reactive ketones (excluding diaryl/α,β-unsaturated/α-hetero) is 1. The molecule has 8 nitrogen and oxygen atoms in total. The first-order valence-corrected chi connectivity index (χ1v) is 8.47. The Morgan fingerprint density at radius 1 is 0.857 bits per heavy atom. The SMILES string of the molecule is COc1ccc(C(=O)COC(=O)c2cc(OC)c3c(c2)OCCO3)cc1OC. The molecule has 2 aromatic rings. The average molecular weight is 388 g/mol. The maximum atomic E-state index is 12.4. The molecule has 0 spiro atoms. The molecule has 0 N–H and O–H groups in total. The zero-order valence-corrected chi connectivity index (χ0v) is 15.8. The summed E-state index contributed by atoms with van der Waals surface area (Å²) in [6.45, 7) is 0.338. The number of methoxy groups -OCH3 is 3. The lowest BCUT2D eigenvalue weighted by Crippen LogP contribution is -2.18. The van der Waals surface area contributed by atoms with Gasteiger partial charge in [-0.3, -0.25) is 4.79 Å². The lowest BCUT2D eigenvalue weighted by atomic mass is 10.1. The number of ether oxygens (including phenoxy) is 6. The molecule has 0 saturated heterocycles. The van der Waals surface area contributed by atoms with Crippen LogP contribution in [0, 0.1) is 0 Å². The van der Waals surface area contributed by atoms with Gasteiger partial charge in [0.05, 0.1) is 26.9 Å². The molecule has 0 fully saturated rings. The molecular formula is C20H20O8. The van der Waals surface area contributed by atoms with E-state index in [1.807, 2.05) is 0 Å². The third-order valence-electron chi connectivity index (χ3n) is 4.10.